The lowest BCUT2D eigenvalue weighted by molar-refractivity contribution is 0.0257. The zero-order valence-corrected chi connectivity index (χ0v) is 15.8. The molecule has 146 valence electrons. The molecular weight excluding hydrogens is 366 g/mol. The molecule has 0 unspecified atom stereocenters. The van der Waals surface area contributed by atoms with Crippen LogP contribution in [0.2, 0.25) is 0 Å². The molecule has 0 amide bonds. The van der Waals surface area contributed by atoms with E-state index in [4.69, 9.17) is 15.2 Å². The number of ether oxygens (including phenoxy) is 2. The number of hydrogen-bond acceptors (Lipinski definition) is 7. The molecule has 1 aliphatic heterocycles. The summed E-state index contributed by atoms with van der Waals surface area (Å²) in [6.07, 6.45) is 3.30. The van der Waals surface area contributed by atoms with Crippen molar-refractivity contribution in [2.45, 2.75) is 18.9 Å². The second-order valence-corrected chi connectivity index (χ2v) is 6.74. The lowest BCUT2D eigenvalue weighted by Crippen LogP contribution is -2.26. The molecule has 2 aromatic carbocycles. The second kappa shape index (κ2) is 8.59. The molecule has 0 aliphatic carbocycles. The number of nitriles is 1. The summed E-state index contributed by atoms with van der Waals surface area (Å²) in [6.45, 7) is 1.33. The van der Waals surface area contributed by atoms with E-state index in [-0.39, 0.29) is 6.10 Å². The lowest BCUT2D eigenvalue weighted by Gasteiger charge is -2.25. The topological polar surface area (TPSA) is 106 Å². The summed E-state index contributed by atoms with van der Waals surface area (Å²) in [5, 5.41) is 12.8. The van der Waals surface area contributed by atoms with Crippen molar-refractivity contribution in [3.8, 4) is 23.1 Å². The number of rotatable bonds is 5. The standard InChI is InChI=1S/C22H21N5O2/c23-14-15-2-1-3-19(21(15)29-18-9-12-28-13-10-18)20-8-11-25-22(27-20)26-17-6-4-16(24)5-7-17/h1-8,11,18H,9-10,12-13,24H2,(H,25,26,27). The number of benzene rings is 2. The summed E-state index contributed by atoms with van der Waals surface area (Å²) in [5.41, 5.74) is 9.18. The van der Waals surface area contributed by atoms with Gasteiger partial charge in [0, 0.05) is 36.0 Å². The number of nitrogens with zero attached hydrogens (tertiary/aromatic N) is 3. The summed E-state index contributed by atoms with van der Waals surface area (Å²) in [4.78, 5) is 8.92. The lowest BCUT2D eigenvalue weighted by atomic mass is 10.1. The molecule has 0 bridgehead atoms. The second-order valence-electron chi connectivity index (χ2n) is 6.74. The van der Waals surface area contributed by atoms with Gasteiger partial charge in [-0.1, -0.05) is 6.07 Å². The molecule has 0 spiro atoms. The first kappa shape index (κ1) is 18.7. The van der Waals surface area contributed by atoms with Gasteiger partial charge in [0.05, 0.1) is 24.5 Å². The molecule has 2 heterocycles. The Morgan fingerprint density at radius 1 is 1.10 bits per heavy atom. The first-order valence-electron chi connectivity index (χ1n) is 9.46. The van der Waals surface area contributed by atoms with Gasteiger partial charge in [0.2, 0.25) is 5.95 Å². The van der Waals surface area contributed by atoms with Crippen LogP contribution < -0.4 is 15.8 Å². The highest BCUT2D eigenvalue weighted by Crippen LogP contribution is 2.34. The molecule has 0 saturated carbocycles. The number of nitrogens with two attached hydrogens (primary N) is 1. The van der Waals surface area contributed by atoms with Crippen LogP contribution in [0.25, 0.3) is 11.3 Å². The first-order valence-corrected chi connectivity index (χ1v) is 9.46. The molecule has 1 fully saturated rings. The zero-order valence-electron chi connectivity index (χ0n) is 15.8. The molecule has 1 saturated heterocycles. The van der Waals surface area contributed by atoms with Crippen LogP contribution in [0.1, 0.15) is 18.4 Å². The molecule has 1 aromatic heterocycles. The van der Waals surface area contributed by atoms with E-state index in [0.717, 1.165) is 24.1 Å². The van der Waals surface area contributed by atoms with E-state index in [9.17, 15) is 5.26 Å². The third-order valence-electron chi connectivity index (χ3n) is 4.69. The van der Waals surface area contributed by atoms with Crippen molar-refractivity contribution in [1.82, 2.24) is 9.97 Å². The third-order valence-corrected chi connectivity index (χ3v) is 4.69. The average Bonchev–Trinajstić information content (AvgIpc) is 2.76. The zero-order chi connectivity index (χ0) is 20.1. The Balaban J connectivity index is 1.65. The molecule has 0 radical (unpaired) electrons. The minimum atomic E-state index is 0.0196. The summed E-state index contributed by atoms with van der Waals surface area (Å²) < 4.78 is 11.6. The van der Waals surface area contributed by atoms with Crippen LogP contribution in [0.4, 0.5) is 17.3 Å². The molecule has 7 nitrogen and oxygen atoms in total. The van der Waals surface area contributed by atoms with Gasteiger partial charge in [-0.25, -0.2) is 9.97 Å². The van der Waals surface area contributed by atoms with Crippen LogP contribution in [0.3, 0.4) is 0 Å². The molecule has 4 rings (SSSR count). The summed E-state index contributed by atoms with van der Waals surface area (Å²) in [5.74, 6) is 1.01. The predicted octanol–water partition coefficient (Wildman–Crippen LogP) is 3.90. The Labute approximate surface area is 169 Å². The van der Waals surface area contributed by atoms with E-state index in [2.05, 4.69) is 21.4 Å². The maximum atomic E-state index is 9.58. The van der Waals surface area contributed by atoms with Gasteiger partial charge in [-0.2, -0.15) is 5.26 Å². The van der Waals surface area contributed by atoms with Crippen LogP contribution in [-0.2, 0) is 4.74 Å². The minimum absolute atomic E-state index is 0.0196. The Morgan fingerprint density at radius 2 is 1.90 bits per heavy atom. The smallest absolute Gasteiger partial charge is 0.227 e. The van der Waals surface area contributed by atoms with Crippen molar-refractivity contribution >= 4 is 17.3 Å². The van der Waals surface area contributed by atoms with Gasteiger partial charge < -0.3 is 20.5 Å². The minimum Gasteiger partial charge on any atom is -0.488 e. The van der Waals surface area contributed by atoms with Crippen LogP contribution in [0.5, 0.6) is 5.75 Å². The number of para-hydroxylation sites is 1. The Bertz CT molecular complexity index is 1020. The molecule has 3 N–H and O–H groups in total. The SMILES string of the molecule is N#Cc1cccc(-c2ccnc(Nc3ccc(N)cc3)n2)c1OC1CCOCC1. The maximum absolute atomic E-state index is 9.58. The van der Waals surface area contributed by atoms with Gasteiger partial charge in [-0.15, -0.1) is 0 Å². The van der Waals surface area contributed by atoms with E-state index in [1.807, 2.05) is 42.5 Å². The molecular formula is C22H21N5O2. The van der Waals surface area contributed by atoms with Gasteiger partial charge >= 0.3 is 0 Å². The monoisotopic (exact) mass is 387 g/mol. The fourth-order valence-electron chi connectivity index (χ4n) is 3.18. The van der Waals surface area contributed by atoms with Gasteiger partial charge in [-0.05, 0) is 42.5 Å². The highest BCUT2D eigenvalue weighted by atomic mass is 16.5. The third kappa shape index (κ3) is 4.45. The van der Waals surface area contributed by atoms with Gasteiger partial charge in [0.15, 0.2) is 0 Å². The molecule has 3 aromatic rings. The quantitative estimate of drug-likeness (QED) is 0.640. The molecule has 1 aliphatic rings. The highest BCUT2D eigenvalue weighted by molar-refractivity contribution is 5.72. The van der Waals surface area contributed by atoms with E-state index in [1.54, 1.807) is 12.3 Å². The van der Waals surface area contributed by atoms with Crippen LogP contribution in [0.15, 0.2) is 54.7 Å². The van der Waals surface area contributed by atoms with Crippen molar-refractivity contribution in [1.29, 1.82) is 5.26 Å². The Kier molecular flexibility index (Phi) is 5.54. The maximum Gasteiger partial charge on any atom is 0.227 e. The van der Waals surface area contributed by atoms with Gasteiger partial charge in [-0.3, -0.25) is 0 Å². The van der Waals surface area contributed by atoms with Crippen molar-refractivity contribution in [2.24, 2.45) is 0 Å². The fourth-order valence-corrected chi connectivity index (χ4v) is 3.18. The Hall–Kier alpha value is -3.63. The fraction of sp³-hybridized carbons (Fsp3) is 0.227. The van der Waals surface area contributed by atoms with Crippen LogP contribution in [-0.4, -0.2) is 29.3 Å². The number of nitrogens with one attached hydrogen (secondary N) is 1. The van der Waals surface area contributed by atoms with E-state index in [1.165, 1.54) is 0 Å². The summed E-state index contributed by atoms with van der Waals surface area (Å²) in [6, 6.07) is 16.9. The summed E-state index contributed by atoms with van der Waals surface area (Å²) in [7, 11) is 0. The molecule has 7 heteroatoms. The number of hydrogen-bond donors (Lipinski definition) is 2. The highest BCUT2D eigenvalue weighted by Gasteiger charge is 2.20. The molecule has 29 heavy (non-hydrogen) atoms. The number of aromatic nitrogens is 2. The van der Waals surface area contributed by atoms with Gasteiger partial charge in [0.1, 0.15) is 17.9 Å². The molecule has 0 atom stereocenters. The van der Waals surface area contributed by atoms with Crippen molar-refractivity contribution < 1.29 is 9.47 Å². The number of nitrogen functional groups attached to an aromatic ring is 1. The normalized spacial score (nSPS) is 14.2. The van der Waals surface area contributed by atoms with Crippen molar-refractivity contribution in [2.75, 3.05) is 24.3 Å². The predicted molar refractivity (Wildman–Crippen MR) is 111 cm³/mol. The average molecular weight is 387 g/mol. The first-order chi connectivity index (χ1) is 14.2. The van der Waals surface area contributed by atoms with E-state index in [0.29, 0.717) is 41.9 Å². The van der Waals surface area contributed by atoms with E-state index >= 15 is 0 Å². The van der Waals surface area contributed by atoms with Crippen molar-refractivity contribution in [3.05, 3.63) is 60.3 Å². The number of anilines is 3. The Morgan fingerprint density at radius 3 is 2.66 bits per heavy atom. The van der Waals surface area contributed by atoms with Crippen LogP contribution in [0, 0.1) is 11.3 Å². The largest absolute Gasteiger partial charge is 0.488 e. The van der Waals surface area contributed by atoms with E-state index < -0.39 is 0 Å². The van der Waals surface area contributed by atoms with Crippen LogP contribution >= 0.6 is 0 Å². The summed E-state index contributed by atoms with van der Waals surface area (Å²) >= 11 is 0. The van der Waals surface area contributed by atoms with Crippen molar-refractivity contribution in [3.63, 3.8) is 0 Å². The van der Waals surface area contributed by atoms with Gasteiger partial charge in [0.25, 0.3) is 0 Å².